The van der Waals surface area contributed by atoms with Crippen molar-refractivity contribution in [2.45, 2.75) is 18.6 Å². The van der Waals surface area contributed by atoms with E-state index in [1.807, 2.05) is 24.3 Å². The van der Waals surface area contributed by atoms with Crippen molar-refractivity contribution in [3.63, 3.8) is 0 Å². The Balaban J connectivity index is 1.80. The van der Waals surface area contributed by atoms with E-state index in [2.05, 4.69) is 15.6 Å². The largest absolute Gasteiger partial charge is 0.382 e. The molecule has 0 spiro atoms. The van der Waals surface area contributed by atoms with Gasteiger partial charge in [-0.3, -0.25) is 4.79 Å². The summed E-state index contributed by atoms with van der Waals surface area (Å²) in [5.41, 5.74) is 8.54. The monoisotopic (exact) mass is 382 g/mol. The van der Waals surface area contributed by atoms with Gasteiger partial charge in [-0.1, -0.05) is 23.4 Å². The van der Waals surface area contributed by atoms with Crippen LogP contribution in [0.2, 0.25) is 0 Å². The first-order valence-corrected chi connectivity index (χ1v) is 8.59. The summed E-state index contributed by atoms with van der Waals surface area (Å²) in [6.45, 7) is -0.260. The number of aliphatic hydroxyl groups excluding tert-OH is 1. The minimum Gasteiger partial charge on any atom is -0.382 e. The predicted octanol–water partition coefficient (Wildman–Crippen LogP) is 0.645. The van der Waals surface area contributed by atoms with Crippen molar-refractivity contribution in [3.05, 3.63) is 47.8 Å². The summed E-state index contributed by atoms with van der Waals surface area (Å²) in [5.74, 6) is -1.25. The molecule has 28 heavy (non-hydrogen) atoms. The number of nitrogens with zero attached hydrogens (tertiary/aromatic N) is 4. The van der Waals surface area contributed by atoms with E-state index < -0.39 is 23.9 Å². The second kappa shape index (κ2) is 8.12. The molecular weight excluding hydrogens is 363 g/mol. The van der Waals surface area contributed by atoms with Crippen molar-refractivity contribution in [3.8, 4) is 17.2 Å². The Morgan fingerprint density at radius 1 is 1.36 bits per heavy atom. The van der Waals surface area contributed by atoms with Crippen LogP contribution in [0.1, 0.15) is 5.56 Å². The molecule has 2 aromatic carbocycles. The van der Waals surface area contributed by atoms with Gasteiger partial charge < -0.3 is 16.2 Å². The Morgan fingerprint density at radius 2 is 2.07 bits per heavy atom. The SMILES string of the molecule is Cn1nnc2ccc(-c3ccc(C[C@@H](C#N)NC(=O)[C@@H](O)CN)c(F)c3)cc21. The van der Waals surface area contributed by atoms with Crippen LogP contribution in [0.15, 0.2) is 36.4 Å². The summed E-state index contributed by atoms with van der Waals surface area (Å²) in [6.07, 6.45) is -1.43. The molecule has 3 aromatic rings. The first-order valence-electron chi connectivity index (χ1n) is 8.59. The fraction of sp³-hybridized carbons (Fsp3) is 0.263. The molecule has 0 radical (unpaired) electrons. The molecule has 0 bridgehead atoms. The first-order chi connectivity index (χ1) is 13.4. The highest BCUT2D eigenvalue weighted by atomic mass is 19.1. The molecule has 0 aliphatic carbocycles. The molecule has 0 aliphatic rings. The Morgan fingerprint density at radius 3 is 2.75 bits per heavy atom. The van der Waals surface area contributed by atoms with Crippen LogP contribution in [0.3, 0.4) is 0 Å². The van der Waals surface area contributed by atoms with Crippen LogP contribution in [0.5, 0.6) is 0 Å². The van der Waals surface area contributed by atoms with Crippen molar-refractivity contribution in [1.29, 1.82) is 5.26 Å². The number of hydrogen-bond acceptors (Lipinski definition) is 6. The van der Waals surface area contributed by atoms with Crippen LogP contribution >= 0.6 is 0 Å². The summed E-state index contributed by atoms with van der Waals surface area (Å²) in [7, 11) is 1.78. The van der Waals surface area contributed by atoms with Gasteiger partial charge in [-0.25, -0.2) is 9.07 Å². The highest BCUT2D eigenvalue weighted by molar-refractivity contribution is 5.82. The quantitative estimate of drug-likeness (QED) is 0.574. The molecule has 8 nitrogen and oxygen atoms in total. The van der Waals surface area contributed by atoms with E-state index in [0.29, 0.717) is 5.56 Å². The van der Waals surface area contributed by atoms with E-state index in [1.54, 1.807) is 23.9 Å². The van der Waals surface area contributed by atoms with Gasteiger partial charge >= 0.3 is 0 Å². The van der Waals surface area contributed by atoms with E-state index in [4.69, 9.17) is 5.73 Å². The summed E-state index contributed by atoms with van der Waals surface area (Å²) in [6, 6.07) is 11.1. The van der Waals surface area contributed by atoms with Gasteiger partial charge in [0.2, 0.25) is 0 Å². The van der Waals surface area contributed by atoms with Crippen molar-refractivity contribution < 1.29 is 14.3 Å². The molecule has 9 heteroatoms. The lowest BCUT2D eigenvalue weighted by atomic mass is 9.99. The number of nitrogens with one attached hydrogen (secondary N) is 1. The predicted molar refractivity (Wildman–Crippen MR) is 100 cm³/mol. The summed E-state index contributed by atoms with van der Waals surface area (Å²) >= 11 is 0. The molecule has 1 aromatic heterocycles. The van der Waals surface area contributed by atoms with Crippen LogP contribution in [0, 0.1) is 17.1 Å². The average Bonchev–Trinajstić information content (AvgIpc) is 3.08. The lowest BCUT2D eigenvalue weighted by molar-refractivity contribution is -0.129. The zero-order chi connectivity index (χ0) is 20.3. The van der Waals surface area contributed by atoms with E-state index in [1.165, 1.54) is 6.07 Å². The number of fused-ring (bicyclic) bond motifs is 1. The lowest BCUT2D eigenvalue weighted by Crippen LogP contribution is -2.44. The molecule has 2 atom stereocenters. The Kier molecular flexibility index (Phi) is 5.63. The minimum atomic E-state index is -1.40. The molecule has 1 amide bonds. The van der Waals surface area contributed by atoms with Gasteiger partial charge in [-0.2, -0.15) is 5.26 Å². The molecular formula is C19H19FN6O2. The number of rotatable bonds is 6. The molecule has 0 saturated carbocycles. The molecule has 1 heterocycles. The maximum Gasteiger partial charge on any atom is 0.251 e. The third-order valence-electron chi connectivity index (χ3n) is 4.42. The number of halogens is 1. The number of aromatic nitrogens is 3. The minimum absolute atomic E-state index is 0.0314. The van der Waals surface area contributed by atoms with Gasteiger partial charge in [-0.15, -0.1) is 5.10 Å². The Bertz CT molecular complexity index is 1060. The van der Waals surface area contributed by atoms with Crippen molar-refractivity contribution in [2.75, 3.05) is 6.54 Å². The maximum absolute atomic E-state index is 14.6. The highest BCUT2D eigenvalue weighted by Crippen LogP contribution is 2.25. The number of aryl methyl sites for hydroxylation is 1. The second-order valence-electron chi connectivity index (χ2n) is 6.37. The fourth-order valence-corrected chi connectivity index (χ4v) is 2.83. The fourth-order valence-electron chi connectivity index (χ4n) is 2.83. The van der Waals surface area contributed by atoms with Crippen LogP contribution in [0.4, 0.5) is 4.39 Å². The third-order valence-corrected chi connectivity index (χ3v) is 4.42. The average molecular weight is 382 g/mol. The van der Waals surface area contributed by atoms with Gasteiger partial charge in [0, 0.05) is 20.0 Å². The van der Waals surface area contributed by atoms with Crippen LogP contribution in [-0.2, 0) is 18.3 Å². The number of nitriles is 1. The topological polar surface area (TPSA) is 130 Å². The molecule has 0 saturated heterocycles. The summed E-state index contributed by atoms with van der Waals surface area (Å²) in [5, 5.41) is 28.9. The Hall–Kier alpha value is -3.35. The van der Waals surface area contributed by atoms with Crippen LogP contribution in [-0.4, -0.2) is 44.7 Å². The van der Waals surface area contributed by atoms with E-state index in [-0.39, 0.29) is 18.5 Å². The number of nitrogens with two attached hydrogens (primary N) is 1. The molecule has 0 fully saturated rings. The van der Waals surface area contributed by atoms with Crippen molar-refractivity contribution in [1.82, 2.24) is 20.3 Å². The summed E-state index contributed by atoms with van der Waals surface area (Å²) in [4.78, 5) is 11.7. The first kappa shape index (κ1) is 19.4. The normalized spacial score (nSPS) is 13.1. The van der Waals surface area contributed by atoms with Gasteiger partial charge in [0.1, 0.15) is 23.5 Å². The number of aliphatic hydroxyl groups is 1. The Labute approximate surface area is 160 Å². The zero-order valence-corrected chi connectivity index (χ0v) is 15.1. The highest BCUT2D eigenvalue weighted by Gasteiger charge is 2.19. The van der Waals surface area contributed by atoms with Crippen LogP contribution < -0.4 is 11.1 Å². The smallest absolute Gasteiger partial charge is 0.251 e. The maximum atomic E-state index is 14.6. The van der Waals surface area contributed by atoms with Crippen molar-refractivity contribution in [2.24, 2.45) is 12.8 Å². The number of hydrogen-bond donors (Lipinski definition) is 3. The van der Waals surface area contributed by atoms with Crippen LogP contribution in [0.25, 0.3) is 22.2 Å². The molecule has 4 N–H and O–H groups in total. The number of carbonyl (C=O) groups excluding carboxylic acids is 1. The lowest BCUT2D eigenvalue weighted by Gasteiger charge is -2.15. The zero-order valence-electron chi connectivity index (χ0n) is 15.1. The standard InChI is InChI=1S/C19H19FN6O2/c1-26-17-8-12(4-5-16(17)24-25-26)11-2-3-13(15(20)7-11)6-14(9-21)23-19(28)18(27)10-22/h2-5,7-8,14,18,27H,6,10,22H2,1H3,(H,23,28)/t14-,18-/m0/s1. The second-order valence-corrected chi connectivity index (χ2v) is 6.37. The van der Waals surface area contributed by atoms with Crippen molar-refractivity contribution >= 4 is 16.9 Å². The number of amides is 1. The molecule has 144 valence electrons. The number of carbonyl (C=O) groups is 1. The third kappa shape index (κ3) is 3.98. The summed E-state index contributed by atoms with van der Waals surface area (Å²) < 4.78 is 16.2. The van der Waals surface area contributed by atoms with E-state index in [0.717, 1.165) is 16.6 Å². The van der Waals surface area contributed by atoms with Gasteiger partial charge in [0.25, 0.3) is 5.91 Å². The molecule has 0 aliphatic heterocycles. The molecule has 0 unspecified atom stereocenters. The number of benzene rings is 2. The van der Waals surface area contributed by atoms with Gasteiger partial charge in [-0.05, 0) is 34.9 Å². The van der Waals surface area contributed by atoms with E-state index >= 15 is 0 Å². The van der Waals surface area contributed by atoms with E-state index in [9.17, 15) is 19.6 Å². The van der Waals surface area contributed by atoms with Gasteiger partial charge in [0.05, 0.1) is 11.6 Å². The molecule has 3 rings (SSSR count). The van der Waals surface area contributed by atoms with Gasteiger partial charge in [0.15, 0.2) is 0 Å².